The zero-order valence-electron chi connectivity index (χ0n) is 17.2. The molecule has 0 saturated heterocycles. The Bertz CT molecular complexity index is 809. The van der Waals surface area contributed by atoms with Gasteiger partial charge in [0.1, 0.15) is 18.1 Å². The van der Waals surface area contributed by atoms with Crippen molar-refractivity contribution in [2.45, 2.75) is 65.5 Å². The summed E-state index contributed by atoms with van der Waals surface area (Å²) in [6, 6.07) is 12.0. The van der Waals surface area contributed by atoms with E-state index in [1.165, 1.54) is 30.4 Å². The van der Waals surface area contributed by atoms with Crippen molar-refractivity contribution in [1.29, 1.82) is 0 Å². The third kappa shape index (κ3) is 5.28. The van der Waals surface area contributed by atoms with E-state index in [4.69, 9.17) is 9.47 Å². The summed E-state index contributed by atoms with van der Waals surface area (Å²) in [5.74, 6) is 1.57. The fourth-order valence-corrected chi connectivity index (χ4v) is 3.61. The summed E-state index contributed by atoms with van der Waals surface area (Å²) in [7, 11) is 0. The molecule has 0 spiro atoms. The van der Waals surface area contributed by atoms with Gasteiger partial charge in [-0.25, -0.2) is 0 Å². The van der Waals surface area contributed by atoms with Gasteiger partial charge in [0, 0.05) is 17.2 Å². The summed E-state index contributed by atoms with van der Waals surface area (Å²) < 4.78 is 11.7. The predicted molar refractivity (Wildman–Crippen MR) is 112 cm³/mol. The van der Waals surface area contributed by atoms with Crippen molar-refractivity contribution in [3.63, 3.8) is 0 Å². The number of amides is 1. The van der Waals surface area contributed by atoms with Crippen LogP contribution in [0.4, 0.5) is 0 Å². The third-order valence-electron chi connectivity index (χ3n) is 5.44. The highest BCUT2D eigenvalue weighted by atomic mass is 16.5. The number of carbonyl (C=O) groups is 1. The fraction of sp³-hybridized carbons (Fsp3) is 0.458. The molecule has 150 valence electrons. The van der Waals surface area contributed by atoms with Gasteiger partial charge in [-0.05, 0) is 75.1 Å². The van der Waals surface area contributed by atoms with Crippen molar-refractivity contribution in [1.82, 2.24) is 5.32 Å². The van der Waals surface area contributed by atoms with Gasteiger partial charge in [0.05, 0.1) is 6.61 Å². The summed E-state index contributed by atoms with van der Waals surface area (Å²) >= 11 is 0. The van der Waals surface area contributed by atoms with Gasteiger partial charge in [-0.2, -0.15) is 0 Å². The molecule has 4 heteroatoms. The standard InChI is InChI=1S/C24H31NO3/c1-4-27-23-13-11-19(24(26)25-21-8-6-5-7-9-21)15-20(23)16-28-22-12-10-17(2)18(3)14-22/h10-15,21H,4-9,16H2,1-3H3,(H,25,26). The van der Waals surface area contributed by atoms with E-state index in [0.717, 1.165) is 29.9 Å². The number of carbonyl (C=O) groups excluding carboxylic acids is 1. The van der Waals surface area contributed by atoms with Crippen LogP contribution in [0.5, 0.6) is 11.5 Å². The second-order valence-corrected chi connectivity index (χ2v) is 7.60. The molecule has 2 aromatic carbocycles. The molecule has 3 rings (SSSR count). The first-order valence-corrected chi connectivity index (χ1v) is 10.3. The molecule has 0 radical (unpaired) electrons. The Labute approximate surface area is 168 Å². The molecule has 0 aliphatic heterocycles. The molecule has 0 unspecified atom stereocenters. The van der Waals surface area contributed by atoms with Crippen molar-refractivity contribution >= 4 is 5.91 Å². The third-order valence-corrected chi connectivity index (χ3v) is 5.44. The first-order valence-electron chi connectivity index (χ1n) is 10.3. The van der Waals surface area contributed by atoms with E-state index in [9.17, 15) is 4.79 Å². The van der Waals surface area contributed by atoms with E-state index < -0.39 is 0 Å². The van der Waals surface area contributed by atoms with E-state index in [1.54, 1.807) is 0 Å². The van der Waals surface area contributed by atoms with Crippen LogP contribution in [0.3, 0.4) is 0 Å². The van der Waals surface area contributed by atoms with Gasteiger partial charge in [-0.1, -0.05) is 25.3 Å². The number of hydrogen-bond donors (Lipinski definition) is 1. The molecule has 1 saturated carbocycles. The lowest BCUT2D eigenvalue weighted by Crippen LogP contribution is -2.36. The van der Waals surface area contributed by atoms with Gasteiger partial charge < -0.3 is 14.8 Å². The predicted octanol–water partition coefficient (Wildman–Crippen LogP) is 5.34. The highest BCUT2D eigenvalue weighted by molar-refractivity contribution is 5.94. The summed E-state index contributed by atoms with van der Waals surface area (Å²) in [5.41, 5.74) is 3.98. The second kappa shape index (κ2) is 9.63. The molecule has 4 nitrogen and oxygen atoms in total. The molecule has 1 N–H and O–H groups in total. The molecule has 1 aliphatic rings. The largest absolute Gasteiger partial charge is 0.493 e. The van der Waals surface area contributed by atoms with Gasteiger partial charge in [-0.15, -0.1) is 0 Å². The molecular weight excluding hydrogens is 350 g/mol. The molecule has 1 fully saturated rings. The number of benzene rings is 2. The smallest absolute Gasteiger partial charge is 0.251 e. The van der Waals surface area contributed by atoms with Crippen LogP contribution in [0.15, 0.2) is 36.4 Å². The highest BCUT2D eigenvalue weighted by Crippen LogP contribution is 2.24. The number of nitrogens with one attached hydrogen (secondary N) is 1. The number of ether oxygens (including phenoxy) is 2. The Morgan fingerprint density at radius 2 is 1.79 bits per heavy atom. The molecular formula is C24H31NO3. The zero-order chi connectivity index (χ0) is 19.9. The summed E-state index contributed by atoms with van der Waals surface area (Å²) in [4.78, 5) is 12.7. The van der Waals surface area contributed by atoms with Crippen molar-refractivity contribution in [3.05, 3.63) is 58.7 Å². The van der Waals surface area contributed by atoms with Gasteiger partial charge in [0.15, 0.2) is 0 Å². The van der Waals surface area contributed by atoms with Crippen molar-refractivity contribution < 1.29 is 14.3 Å². The van der Waals surface area contributed by atoms with Gasteiger partial charge in [0.25, 0.3) is 5.91 Å². The molecule has 28 heavy (non-hydrogen) atoms. The Morgan fingerprint density at radius 3 is 2.50 bits per heavy atom. The maximum absolute atomic E-state index is 12.7. The Hall–Kier alpha value is -2.49. The molecule has 0 aromatic heterocycles. The first-order chi connectivity index (χ1) is 13.6. The lowest BCUT2D eigenvalue weighted by molar-refractivity contribution is 0.0927. The van der Waals surface area contributed by atoms with E-state index >= 15 is 0 Å². The van der Waals surface area contributed by atoms with E-state index in [0.29, 0.717) is 24.8 Å². The van der Waals surface area contributed by atoms with Gasteiger partial charge >= 0.3 is 0 Å². The van der Waals surface area contributed by atoms with Crippen LogP contribution in [-0.2, 0) is 6.61 Å². The van der Waals surface area contributed by atoms with Crippen LogP contribution < -0.4 is 14.8 Å². The second-order valence-electron chi connectivity index (χ2n) is 7.60. The minimum atomic E-state index is -0.0117. The number of rotatable bonds is 7. The topological polar surface area (TPSA) is 47.6 Å². The average Bonchev–Trinajstić information content (AvgIpc) is 2.70. The SMILES string of the molecule is CCOc1ccc(C(=O)NC2CCCCC2)cc1COc1ccc(C)c(C)c1. The van der Waals surface area contributed by atoms with Crippen molar-refractivity contribution in [3.8, 4) is 11.5 Å². The van der Waals surface area contributed by atoms with Gasteiger partial charge in [0.2, 0.25) is 0 Å². The lowest BCUT2D eigenvalue weighted by atomic mass is 9.95. The summed E-state index contributed by atoms with van der Waals surface area (Å²) in [6.45, 7) is 7.05. The quantitative estimate of drug-likeness (QED) is 0.704. The normalized spacial score (nSPS) is 14.5. The lowest BCUT2D eigenvalue weighted by Gasteiger charge is -2.23. The minimum absolute atomic E-state index is 0.0117. The van der Waals surface area contributed by atoms with Crippen molar-refractivity contribution in [2.75, 3.05) is 6.61 Å². The number of hydrogen-bond acceptors (Lipinski definition) is 3. The number of aryl methyl sites for hydroxylation is 2. The van der Waals surface area contributed by atoms with Crippen LogP contribution in [0.1, 0.15) is 66.1 Å². The molecule has 1 amide bonds. The molecule has 1 aliphatic carbocycles. The van der Waals surface area contributed by atoms with E-state index in [2.05, 4.69) is 25.2 Å². The first kappa shape index (κ1) is 20.2. The minimum Gasteiger partial charge on any atom is -0.493 e. The zero-order valence-corrected chi connectivity index (χ0v) is 17.2. The van der Waals surface area contributed by atoms with Crippen LogP contribution in [-0.4, -0.2) is 18.6 Å². The average molecular weight is 382 g/mol. The van der Waals surface area contributed by atoms with Crippen molar-refractivity contribution in [2.24, 2.45) is 0 Å². The molecule has 2 aromatic rings. The monoisotopic (exact) mass is 381 g/mol. The molecule has 0 heterocycles. The van der Waals surface area contributed by atoms with Crippen LogP contribution in [0, 0.1) is 13.8 Å². The van der Waals surface area contributed by atoms with Crippen LogP contribution >= 0.6 is 0 Å². The summed E-state index contributed by atoms with van der Waals surface area (Å²) in [5, 5.41) is 3.18. The Balaban J connectivity index is 1.72. The Kier molecular flexibility index (Phi) is 6.96. The van der Waals surface area contributed by atoms with Gasteiger partial charge in [-0.3, -0.25) is 4.79 Å². The van der Waals surface area contributed by atoms with E-state index in [-0.39, 0.29) is 5.91 Å². The van der Waals surface area contributed by atoms with Crippen LogP contribution in [0.2, 0.25) is 0 Å². The van der Waals surface area contributed by atoms with Crippen LogP contribution in [0.25, 0.3) is 0 Å². The fourth-order valence-electron chi connectivity index (χ4n) is 3.61. The molecule has 0 atom stereocenters. The molecule has 0 bridgehead atoms. The summed E-state index contributed by atoms with van der Waals surface area (Å²) in [6.07, 6.45) is 5.82. The Morgan fingerprint density at radius 1 is 1.00 bits per heavy atom. The maximum Gasteiger partial charge on any atom is 0.251 e. The van der Waals surface area contributed by atoms with E-state index in [1.807, 2.05) is 37.3 Å². The highest BCUT2D eigenvalue weighted by Gasteiger charge is 2.18. The maximum atomic E-state index is 12.7.